The van der Waals surface area contributed by atoms with Crippen molar-refractivity contribution in [3.8, 4) is 0 Å². The molecule has 7 nitrogen and oxygen atoms in total. The summed E-state index contributed by atoms with van der Waals surface area (Å²) in [6.07, 6.45) is -4.78. The van der Waals surface area contributed by atoms with Gasteiger partial charge in [0.05, 0.1) is 11.5 Å². The molecule has 0 saturated carbocycles. The van der Waals surface area contributed by atoms with Crippen molar-refractivity contribution < 1.29 is 35.2 Å². The number of hydrogen-bond acceptors (Lipinski definition) is 6. The number of nitrogens with two attached hydrogens (primary N) is 1. The number of rotatable bonds is 7. The molecule has 1 aliphatic rings. The Hall–Kier alpha value is -2.54. The Balaban J connectivity index is 2.19. The van der Waals surface area contributed by atoms with Crippen LogP contribution in [0, 0.1) is 17.0 Å². The molecule has 1 saturated heterocycles. The minimum atomic E-state index is -4.94. The van der Waals surface area contributed by atoms with Crippen LogP contribution >= 0.6 is 0 Å². The number of nitrogens with zero attached hydrogens (tertiary/aromatic N) is 2. The van der Waals surface area contributed by atoms with E-state index in [1.807, 2.05) is 0 Å². The Kier molecular flexibility index (Phi) is 7.76. The lowest BCUT2D eigenvalue weighted by Gasteiger charge is -2.30. The first kappa shape index (κ1) is 24.7. The summed E-state index contributed by atoms with van der Waals surface area (Å²) in [6.45, 7) is -0.147. The number of halogens is 5. The molecule has 172 valence electrons. The van der Waals surface area contributed by atoms with Crippen molar-refractivity contribution in [1.82, 2.24) is 9.80 Å². The van der Waals surface area contributed by atoms with Gasteiger partial charge in [-0.3, -0.25) is 15.1 Å². The van der Waals surface area contributed by atoms with Gasteiger partial charge in [0.15, 0.2) is 21.5 Å². The summed E-state index contributed by atoms with van der Waals surface area (Å²) >= 11 is 0. The van der Waals surface area contributed by atoms with E-state index in [1.165, 1.54) is 12.1 Å². The van der Waals surface area contributed by atoms with E-state index in [2.05, 4.69) is 0 Å². The maximum Gasteiger partial charge on any atom is 0.430 e. The van der Waals surface area contributed by atoms with E-state index in [9.17, 15) is 35.2 Å². The minimum Gasteiger partial charge on any atom is -0.395 e. The lowest BCUT2D eigenvalue weighted by Crippen LogP contribution is -2.46. The average Bonchev–Trinajstić information content (AvgIpc) is 2.67. The first-order valence-electron chi connectivity index (χ1n) is 9.08. The summed E-state index contributed by atoms with van der Waals surface area (Å²) in [6, 6.07) is 3.28. The molecule has 1 aromatic rings. The van der Waals surface area contributed by atoms with Crippen molar-refractivity contribution in [2.45, 2.75) is 12.7 Å². The fourth-order valence-electron chi connectivity index (χ4n) is 2.83. The smallest absolute Gasteiger partial charge is 0.395 e. The van der Waals surface area contributed by atoms with Gasteiger partial charge in [0.25, 0.3) is 5.91 Å². The van der Waals surface area contributed by atoms with E-state index in [0.717, 1.165) is 11.0 Å². The Morgan fingerprint density at radius 2 is 1.84 bits per heavy atom. The summed E-state index contributed by atoms with van der Waals surface area (Å²) in [5.74, 6) is -3.72. The molecule has 3 N–H and O–H groups in total. The Bertz CT molecular complexity index is 965. The van der Waals surface area contributed by atoms with Crippen LogP contribution in [0.3, 0.4) is 0 Å². The van der Waals surface area contributed by atoms with E-state index in [1.54, 1.807) is 4.90 Å². The molecule has 1 aromatic carbocycles. The maximum atomic E-state index is 14.0. The number of sulfone groups is 1. The van der Waals surface area contributed by atoms with Crippen molar-refractivity contribution in [2.75, 3.05) is 37.7 Å². The number of nitrogens with one attached hydrogen (secondary N) is 1. The van der Waals surface area contributed by atoms with Crippen molar-refractivity contribution in [3.05, 3.63) is 47.2 Å². The molecule has 0 aliphatic carbocycles. The monoisotopic (exact) mass is 468 g/mol. The van der Waals surface area contributed by atoms with E-state index in [-0.39, 0.29) is 49.3 Å². The molecule has 0 radical (unpaired) electrons. The Labute approximate surface area is 175 Å². The van der Waals surface area contributed by atoms with Crippen LogP contribution in [-0.2, 0) is 21.2 Å². The molecule has 13 heteroatoms. The highest BCUT2D eigenvalue weighted by atomic mass is 32.2. The molecule has 31 heavy (non-hydrogen) atoms. The van der Waals surface area contributed by atoms with E-state index >= 15 is 0 Å². The molecule has 1 fully saturated rings. The van der Waals surface area contributed by atoms with Gasteiger partial charge in [-0.2, -0.15) is 13.2 Å². The zero-order valence-corrected chi connectivity index (χ0v) is 17.1. The number of amides is 1. The summed E-state index contributed by atoms with van der Waals surface area (Å²) < 4.78 is 88.4. The van der Waals surface area contributed by atoms with Crippen LogP contribution in [0.2, 0.25) is 0 Å². The van der Waals surface area contributed by atoms with Gasteiger partial charge in [0, 0.05) is 38.3 Å². The predicted molar refractivity (Wildman–Crippen MR) is 103 cm³/mol. The predicted octanol–water partition coefficient (Wildman–Crippen LogP) is 1.45. The molecule has 0 bridgehead atoms. The van der Waals surface area contributed by atoms with E-state index in [0.29, 0.717) is 0 Å². The highest BCUT2D eigenvalue weighted by Crippen LogP contribution is 2.21. The second kappa shape index (κ2) is 9.73. The van der Waals surface area contributed by atoms with Crippen molar-refractivity contribution in [1.29, 1.82) is 5.41 Å². The van der Waals surface area contributed by atoms with Crippen LogP contribution in [0.15, 0.2) is 30.0 Å². The molecule has 2 rings (SSSR count). The highest BCUT2D eigenvalue weighted by molar-refractivity contribution is 7.91. The number of allylic oxidation sites excluding steroid dienone is 1. The number of alkyl halides is 3. The molecular weight excluding hydrogens is 447 g/mol. The van der Waals surface area contributed by atoms with Gasteiger partial charge in [-0.25, -0.2) is 17.2 Å². The molecule has 0 atom stereocenters. The minimum absolute atomic E-state index is 0.0832. The van der Waals surface area contributed by atoms with Crippen LogP contribution in [0.5, 0.6) is 0 Å². The summed E-state index contributed by atoms with van der Waals surface area (Å²) in [5.41, 5.74) is 1.90. The quantitative estimate of drug-likeness (QED) is 0.465. The van der Waals surface area contributed by atoms with Gasteiger partial charge in [0.1, 0.15) is 11.4 Å². The summed E-state index contributed by atoms with van der Waals surface area (Å²) in [7, 11) is -3.15. The zero-order chi connectivity index (χ0) is 23.4. The molecular formula is C18H21F5N4O3S. The summed E-state index contributed by atoms with van der Waals surface area (Å²) in [4.78, 5) is 15.2. The first-order chi connectivity index (χ1) is 14.3. The van der Waals surface area contributed by atoms with Crippen LogP contribution < -0.4 is 5.73 Å². The highest BCUT2D eigenvalue weighted by Gasteiger charge is 2.33. The van der Waals surface area contributed by atoms with Gasteiger partial charge in [-0.15, -0.1) is 0 Å². The van der Waals surface area contributed by atoms with Crippen LogP contribution in [-0.4, -0.2) is 73.7 Å². The third-order valence-electron chi connectivity index (χ3n) is 4.66. The van der Waals surface area contributed by atoms with E-state index < -0.39 is 51.5 Å². The topological polar surface area (TPSA) is 108 Å². The number of hydrogen-bond donors (Lipinski definition) is 2. The van der Waals surface area contributed by atoms with Crippen molar-refractivity contribution in [2.24, 2.45) is 5.73 Å². The van der Waals surface area contributed by atoms with Crippen LogP contribution in [0.1, 0.15) is 5.56 Å². The summed E-state index contributed by atoms with van der Waals surface area (Å²) in [5, 5.41) is 7.66. The molecule has 0 unspecified atom stereocenters. The fourth-order valence-corrected chi connectivity index (χ4v) is 4.11. The van der Waals surface area contributed by atoms with Crippen molar-refractivity contribution in [3.63, 3.8) is 0 Å². The number of carbonyl (C=O) groups excluding carboxylic acids is 1. The van der Waals surface area contributed by atoms with Gasteiger partial charge in [0.2, 0.25) is 0 Å². The normalized spacial score (nSPS) is 17.4. The molecule has 0 aromatic heterocycles. The first-order valence-corrected chi connectivity index (χ1v) is 10.9. The van der Waals surface area contributed by atoms with Gasteiger partial charge in [-0.1, -0.05) is 12.1 Å². The molecule has 1 amide bonds. The second-order valence-electron chi connectivity index (χ2n) is 6.94. The fraction of sp³-hybridized carbons (Fsp3) is 0.444. The largest absolute Gasteiger partial charge is 0.430 e. The standard InChI is InChI=1S/C18H21F5N4O3S/c19-13-3-1-2-12(16(13)20)11-27(5-4-26-6-8-31(29,30)9-7-26)17(28)14(24)10-15(25)18(21,22)23/h1-3,10,24H,4-9,11,25H2. The lowest BCUT2D eigenvalue weighted by atomic mass is 10.1. The number of benzene rings is 1. The van der Waals surface area contributed by atoms with Gasteiger partial charge >= 0.3 is 6.18 Å². The Morgan fingerprint density at radius 3 is 2.42 bits per heavy atom. The van der Waals surface area contributed by atoms with E-state index in [4.69, 9.17) is 11.1 Å². The average molecular weight is 468 g/mol. The number of carbonyl (C=O) groups is 1. The van der Waals surface area contributed by atoms with Crippen LogP contribution in [0.25, 0.3) is 0 Å². The third-order valence-corrected chi connectivity index (χ3v) is 6.27. The molecule has 1 aliphatic heterocycles. The molecule has 1 heterocycles. The van der Waals surface area contributed by atoms with Crippen LogP contribution in [0.4, 0.5) is 22.0 Å². The third kappa shape index (κ3) is 6.99. The zero-order valence-electron chi connectivity index (χ0n) is 16.3. The lowest BCUT2D eigenvalue weighted by molar-refractivity contribution is -0.124. The Morgan fingerprint density at radius 1 is 1.23 bits per heavy atom. The molecule has 0 spiro atoms. The van der Waals surface area contributed by atoms with Crippen molar-refractivity contribution >= 4 is 21.5 Å². The maximum absolute atomic E-state index is 14.0. The van der Waals surface area contributed by atoms with Gasteiger partial charge < -0.3 is 10.6 Å². The SMILES string of the molecule is N=C(C=C(N)C(F)(F)F)C(=O)N(CCN1CCS(=O)(=O)CC1)Cc1cccc(F)c1F. The second-order valence-corrected chi connectivity index (χ2v) is 9.25. The van der Waals surface area contributed by atoms with Gasteiger partial charge in [-0.05, 0) is 12.1 Å².